The molecule has 0 radical (unpaired) electrons. The van der Waals surface area contributed by atoms with Crippen LogP contribution in [-0.4, -0.2) is 16.7 Å². The van der Waals surface area contributed by atoms with Gasteiger partial charge in [-0.2, -0.15) is 4.98 Å². The maximum atomic E-state index is 5.65. The van der Waals surface area contributed by atoms with Crippen molar-refractivity contribution in [3.05, 3.63) is 23.8 Å². The molecule has 0 saturated carbocycles. The summed E-state index contributed by atoms with van der Waals surface area (Å²) >= 11 is 0. The molecule has 2 heterocycles. The van der Waals surface area contributed by atoms with Gasteiger partial charge in [-0.05, 0) is 43.9 Å². The third-order valence-corrected chi connectivity index (χ3v) is 3.57. The number of nitrogens with two attached hydrogens (primary N) is 1. The van der Waals surface area contributed by atoms with Gasteiger partial charge in [0.05, 0.1) is 6.26 Å². The number of hydrogen-bond donors (Lipinski definition) is 1. The van der Waals surface area contributed by atoms with E-state index in [4.69, 9.17) is 14.7 Å². The van der Waals surface area contributed by atoms with E-state index >= 15 is 0 Å². The summed E-state index contributed by atoms with van der Waals surface area (Å²) in [5.74, 6) is 2.54. The Morgan fingerprint density at radius 1 is 1.30 bits per heavy atom. The van der Waals surface area contributed by atoms with Crippen LogP contribution in [0.3, 0.4) is 0 Å². The Balaban J connectivity index is 1.94. The highest BCUT2D eigenvalue weighted by atomic mass is 16.5. The zero-order valence-electron chi connectivity index (χ0n) is 12.3. The van der Waals surface area contributed by atoms with Crippen molar-refractivity contribution < 1.29 is 8.94 Å². The van der Waals surface area contributed by atoms with E-state index in [0.29, 0.717) is 23.4 Å². The summed E-state index contributed by atoms with van der Waals surface area (Å²) in [6.07, 6.45) is 6.94. The molecule has 0 aliphatic carbocycles. The minimum Gasteiger partial charge on any atom is -0.461 e. The van der Waals surface area contributed by atoms with Crippen LogP contribution in [0.5, 0.6) is 0 Å². The average Bonchev–Trinajstić information content (AvgIpc) is 3.05. The molecule has 0 aromatic carbocycles. The summed E-state index contributed by atoms with van der Waals surface area (Å²) in [6.45, 7) is 4.91. The van der Waals surface area contributed by atoms with Crippen LogP contribution in [0, 0.1) is 12.8 Å². The first-order valence-electron chi connectivity index (χ1n) is 7.31. The van der Waals surface area contributed by atoms with Gasteiger partial charge in [-0.15, -0.1) is 0 Å². The van der Waals surface area contributed by atoms with E-state index in [9.17, 15) is 0 Å². The summed E-state index contributed by atoms with van der Waals surface area (Å²) in [7, 11) is 0. The van der Waals surface area contributed by atoms with Crippen LogP contribution in [0.15, 0.2) is 21.3 Å². The molecule has 2 N–H and O–H groups in total. The van der Waals surface area contributed by atoms with E-state index in [-0.39, 0.29) is 0 Å². The second-order valence-corrected chi connectivity index (χ2v) is 5.22. The second kappa shape index (κ2) is 7.24. The van der Waals surface area contributed by atoms with Crippen LogP contribution in [0.25, 0.3) is 11.6 Å². The molecule has 0 fully saturated rings. The molecule has 0 aliphatic heterocycles. The molecule has 2 aromatic rings. The van der Waals surface area contributed by atoms with Crippen LogP contribution in [-0.2, 0) is 6.42 Å². The predicted molar refractivity (Wildman–Crippen MR) is 77.1 cm³/mol. The van der Waals surface area contributed by atoms with Crippen molar-refractivity contribution in [2.45, 2.75) is 46.0 Å². The van der Waals surface area contributed by atoms with Gasteiger partial charge in [0, 0.05) is 6.42 Å². The minimum absolute atomic E-state index is 0.536. The summed E-state index contributed by atoms with van der Waals surface area (Å²) in [5.41, 5.74) is 6.67. The van der Waals surface area contributed by atoms with Gasteiger partial charge in [-0.3, -0.25) is 0 Å². The highest BCUT2D eigenvalue weighted by Crippen LogP contribution is 2.22. The molecule has 5 nitrogen and oxygen atoms in total. The number of aromatic nitrogens is 2. The lowest BCUT2D eigenvalue weighted by Gasteiger charge is -2.13. The number of rotatable bonds is 8. The van der Waals surface area contributed by atoms with Gasteiger partial charge in [-0.1, -0.05) is 24.9 Å². The van der Waals surface area contributed by atoms with Crippen molar-refractivity contribution in [1.29, 1.82) is 0 Å². The van der Waals surface area contributed by atoms with Crippen molar-refractivity contribution in [2.75, 3.05) is 6.54 Å². The Bertz CT molecular complexity index is 513. The molecule has 0 saturated heterocycles. The standard InChI is InChI=1S/C15H23N3O2/c1-3-4-12(7-9-16)5-6-13-17-15(18-20-13)14-11(2)8-10-19-14/h8,10,12H,3-7,9,16H2,1-2H3. The molecular formula is C15H23N3O2. The van der Waals surface area contributed by atoms with E-state index in [2.05, 4.69) is 17.1 Å². The molecule has 0 amide bonds. The summed E-state index contributed by atoms with van der Waals surface area (Å²) in [4.78, 5) is 4.40. The van der Waals surface area contributed by atoms with Gasteiger partial charge in [0.15, 0.2) is 5.76 Å². The molecular weight excluding hydrogens is 254 g/mol. The van der Waals surface area contributed by atoms with Gasteiger partial charge < -0.3 is 14.7 Å². The van der Waals surface area contributed by atoms with E-state index in [0.717, 1.165) is 31.4 Å². The van der Waals surface area contributed by atoms with Gasteiger partial charge in [0.2, 0.25) is 11.7 Å². The quantitative estimate of drug-likeness (QED) is 0.800. The molecule has 2 aromatic heterocycles. The van der Waals surface area contributed by atoms with Crippen LogP contribution in [0.2, 0.25) is 0 Å². The molecule has 1 atom stereocenters. The number of aryl methyl sites for hydroxylation is 2. The van der Waals surface area contributed by atoms with Crippen LogP contribution in [0.1, 0.15) is 44.1 Å². The van der Waals surface area contributed by atoms with Crippen LogP contribution >= 0.6 is 0 Å². The van der Waals surface area contributed by atoms with E-state index in [1.807, 2.05) is 13.0 Å². The maximum Gasteiger partial charge on any atom is 0.238 e. The lowest BCUT2D eigenvalue weighted by atomic mass is 9.94. The second-order valence-electron chi connectivity index (χ2n) is 5.22. The smallest absolute Gasteiger partial charge is 0.238 e. The van der Waals surface area contributed by atoms with Crippen molar-refractivity contribution in [2.24, 2.45) is 11.7 Å². The largest absolute Gasteiger partial charge is 0.461 e. The monoisotopic (exact) mass is 277 g/mol. The van der Waals surface area contributed by atoms with Crippen molar-refractivity contribution >= 4 is 0 Å². The number of furan rings is 1. The summed E-state index contributed by atoms with van der Waals surface area (Å²) in [6, 6.07) is 1.89. The Hall–Kier alpha value is -1.62. The molecule has 1 unspecified atom stereocenters. The van der Waals surface area contributed by atoms with Gasteiger partial charge in [0.1, 0.15) is 0 Å². The van der Waals surface area contributed by atoms with Crippen molar-refractivity contribution in [3.8, 4) is 11.6 Å². The molecule has 110 valence electrons. The fourth-order valence-corrected chi connectivity index (χ4v) is 2.46. The highest BCUT2D eigenvalue weighted by molar-refractivity contribution is 5.50. The topological polar surface area (TPSA) is 78.1 Å². The van der Waals surface area contributed by atoms with Crippen LogP contribution < -0.4 is 5.73 Å². The Labute approximate surface area is 119 Å². The lowest BCUT2D eigenvalue weighted by Crippen LogP contribution is -2.09. The van der Waals surface area contributed by atoms with Gasteiger partial charge in [0.25, 0.3) is 0 Å². The number of nitrogens with zero attached hydrogens (tertiary/aromatic N) is 2. The average molecular weight is 277 g/mol. The summed E-state index contributed by atoms with van der Waals surface area (Å²) in [5, 5.41) is 3.98. The maximum absolute atomic E-state index is 5.65. The highest BCUT2D eigenvalue weighted by Gasteiger charge is 2.15. The SMILES string of the molecule is CCCC(CCN)CCc1nc(-c2occc2C)no1. The first-order valence-corrected chi connectivity index (χ1v) is 7.31. The first kappa shape index (κ1) is 14.8. The Morgan fingerprint density at radius 3 is 2.80 bits per heavy atom. The van der Waals surface area contributed by atoms with E-state index < -0.39 is 0 Å². The summed E-state index contributed by atoms with van der Waals surface area (Å²) < 4.78 is 10.7. The third kappa shape index (κ3) is 3.70. The predicted octanol–water partition coefficient (Wildman–Crippen LogP) is 3.34. The normalized spacial score (nSPS) is 12.8. The molecule has 0 bridgehead atoms. The van der Waals surface area contributed by atoms with Crippen molar-refractivity contribution in [1.82, 2.24) is 10.1 Å². The van der Waals surface area contributed by atoms with Crippen LogP contribution in [0.4, 0.5) is 0 Å². The Morgan fingerprint density at radius 2 is 2.15 bits per heavy atom. The van der Waals surface area contributed by atoms with E-state index in [1.54, 1.807) is 6.26 Å². The Kier molecular flexibility index (Phi) is 5.35. The van der Waals surface area contributed by atoms with Gasteiger partial charge >= 0.3 is 0 Å². The zero-order valence-corrected chi connectivity index (χ0v) is 12.3. The first-order chi connectivity index (χ1) is 9.74. The fraction of sp³-hybridized carbons (Fsp3) is 0.600. The van der Waals surface area contributed by atoms with E-state index in [1.165, 1.54) is 12.8 Å². The van der Waals surface area contributed by atoms with Crippen molar-refractivity contribution in [3.63, 3.8) is 0 Å². The lowest BCUT2D eigenvalue weighted by molar-refractivity contribution is 0.349. The third-order valence-electron chi connectivity index (χ3n) is 3.57. The number of hydrogen-bond acceptors (Lipinski definition) is 5. The molecule has 20 heavy (non-hydrogen) atoms. The zero-order chi connectivity index (χ0) is 14.4. The molecule has 0 aliphatic rings. The molecule has 0 spiro atoms. The van der Waals surface area contributed by atoms with Gasteiger partial charge in [-0.25, -0.2) is 0 Å². The molecule has 5 heteroatoms. The minimum atomic E-state index is 0.536. The fourth-order valence-electron chi connectivity index (χ4n) is 2.46. The molecule has 2 rings (SSSR count).